The number of thiazole rings is 1. The predicted molar refractivity (Wildman–Crippen MR) is 124 cm³/mol. The van der Waals surface area contributed by atoms with Crippen molar-refractivity contribution in [3.8, 4) is 0 Å². The number of nitrogens with zero attached hydrogens (tertiary/aromatic N) is 3. The van der Waals surface area contributed by atoms with Crippen LogP contribution in [0.5, 0.6) is 0 Å². The molecule has 2 aromatic heterocycles. The third-order valence-electron chi connectivity index (χ3n) is 5.20. The molecule has 11 heteroatoms. The molecule has 1 amide bonds. The molecule has 0 saturated heterocycles. The van der Waals surface area contributed by atoms with Gasteiger partial charge in [-0.25, -0.2) is 18.7 Å². The maximum Gasteiger partial charge on any atom is 0.252 e. The first-order valence-corrected chi connectivity index (χ1v) is 10.7. The number of nitrogens with one attached hydrogen (secondary N) is 2. The lowest BCUT2D eigenvalue weighted by molar-refractivity contribution is 0.0919. The molecule has 4 N–H and O–H groups in total. The summed E-state index contributed by atoms with van der Waals surface area (Å²) in [6.07, 6.45) is 1.40. The molecule has 2 heterocycles. The van der Waals surface area contributed by atoms with Gasteiger partial charge in [-0.1, -0.05) is 17.4 Å². The van der Waals surface area contributed by atoms with E-state index in [1.165, 1.54) is 12.3 Å². The van der Waals surface area contributed by atoms with E-state index in [1.807, 2.05) is 32.8 Å². The number of hydrogen-bond acceptors (Lipinski definition) is 8. The van der Waals surface area contributed by atoms with Crippen molar-refractivity contribution in [2.75, 3.05) is 31.7 Å². The maximum absolute atomic E-state index is 14.0. The fourth-order valence-corrected chi connectivity index (χ4v) is 3.48. The predicted octanol–water partition coefficient (Wildman–Crippen LogP) is 3.44. The van der Waals surface area contributed by atoms with Crippen LogP contribution in [-0.2, 0) is 0 Å². The highest BCUT2D eigenvalue weighted by Crippen LogP contribution is 2.30. The number of anilines is 3. The number of amides is 1. The molecular formula is C22H24F2N6O2S. The van der Waals surface area contributed by atoms with Gasteiger partial charge in [0.15, 0.2) is 5.13 Å². The van der Waals surface area contributed by atoms with Crippen LogP contribution in [0.2, 0.25) is 0 Å². The van der Waals surface area contributed by atoms with Crippen LogP contribution in [0, 0.1) is 11.6 Å². The maximum atomic E-state index is 14.0. The second kappa shape index (κ2) is 9.59. The summed E-state index contributed by atoms with van der Waals surface area (Å²) < 4.78 is 27.9. The van der Waals surface area contributed by atoms with E-state index >= 15 is 0 Å². The second-order valence-electron chi connectivity index (χ2n) is 8.11. The molecule has 0 aliphatic heterocycles. The minimum atomic E-state index is -0.980. The average Bonchev–Trinajstić information content (AvgIpc) is 3.12. The highest BCUT2D eigenvalue weighted by Gasteiger charge is 2.24. The van der Waals surface area contributed by atoms with Gasteiger partial charge in [0, 0.05) is 18.3 Å². The van der Waals surface area contributed by atoms with Gasteiger partial charge >= 0.3 is 0 Å². The van der Waals surface area contributed by atoms with E-state index < -0.39 is 23.0 Å². The number of carbonyl (C=O) groups is 2. The number of nitrogens with two attached hydrogens (primary N) is 1. The first-order valence-electron chi connectivity index (χ1n) is 9.93. The molecule has 1 aromatic carbocycles. The van der Waals surface area contributed by atoms with E-state index in [9.17, 15) is 18.4 Å². The lowest BCUT2D eigenvalue weighted by Gasteiger charge is -2.32. The first-order chi connectivity index (χ1) is 15.5. The zero-order chi connectivity index (χ0) is 24.3. The van der Waals surface area contributed by atoms with Crippen LogP contribution in [0.1, 0.15) is 39.4 Å². The number of benzene rings is 1. The fraction of sp³-hybridized carbons (Fsp3) is 0.273. The standard InChI is InChI=1S/C22H24F2N6O2S/c1-22(2,30(3)4)11-27-20(32)12-8-9-15(26-10-12)28-21-29-19(25)18(33-21)17(31)16-13(23)6-5-7-14(16)24/h5-10H,11,25H2,1-4H3,(H,27,32)(H,26,28,29). The molecule has 0 spiro atoms. The van der Waals surface area contributed by atoms with Crippen LogP contribution >= 0.6 is 11.3 Å². The second-order valence-corrected chi connectivity index (χ2v) is 9.10. The van der Waals surface area contributed by atoms with E-state index in [-0.39, 0.29) is 27.3 Å². The number of likely N-dealkylation sites (N-methyl/N-ethyl adjacent to an activating group) is 1. The molecule has 33 heavy (non-hydrogen) atoms. The topological polar surface area (TPSA) is 113 Å². The molecule has 174 valence electrons. The van der Waals surface area contributed by atoms with Crippen LogP contribution in [-0.4, -0.2) is 52.7 Å². The molecule has 0 unspecified atom stereocenters. The van der Waals surface area contributed by atoms with Gasteiger partial charge in [0.25, 0.3) is 5.91 Å². The molecule has 0 fully saturated rings. The number of rotatable bonds is 8. The van der Waals surface area contributed by atoms with Gasteiger partial charge in [-0.2, -0.15) is 0 Å². The minimum Gasteiger partial charge on any atom is -0.382 e. The lowest BCUT2D eigenvalue weighted by Crippen LogP contribution is -2.48. The molecule has 3 rings (SSSR count). The number of halogens is 2. The molecule has 3 aromatic rings. The Balaban J connectivity index is 1.70. The van der Waals surface area contributed by atoms with E-state index in [0.717, 1.165) is 23.5 Å². The zero-order valence-electron chi connectivity index (χ0n) is 18.6. The Labute approximate surface area is 193 Å². The van der Waals surface area contributed by atoms with E-state index in [0.29, 0.717) is 17.9 Å². The molecular weight excluding hydrogens is 450 g/mol. The Morgan fingerprint density at radius 3 is 2.39 bits per heavy atom. The Bertz CT molecular complexity index is 1160. The number of hydrogen-bond donors (Lipinski definition) is 3. The highest BCUT2D eigenvalue weighted by atomic mass is 32.1. The Morgan fingerprint density at radius 2 is 1.82 bits per heavy atom. The van der Waals surface area contributed by atoms with Gasteiger partial charge in [-0.15, -0.1) is 0 Å². The third-order valence-corrected chi connectivity index (χ3v) is 6.19. The van der Waals surface area contributed by atoms with Crippen LogP contribution in [0.3, 0.4) is 0 Å². The van der Waals surface area contributed by atoms with Crippen LogP contribution < -0.4 is 16.4 Å². The Kier molecular flexibility index (Phi) is 7.04. The fourth-order valence-electron chi connectivity index (χ4n) is 2.64. The monoisotopic (exact) mass is 474 g/mol. The van der Waals surface area contributed by atoms with Gasteiger partial charge in [0.2, 0.25) is 5.78 Å². The number of carbonyl (C=O) groups excluding carboxylic acids is 2. The van der Waals surface area contributed by atoms with Crippen molar-refractivity contribution < 1.29 is 18.4 Å². The minimum absolute atomic E-state index is 0.0963. The summed E-state index contributed by atoms with van der Waals surface area (Å²) in [5, 5.41) is 5.96. The lowest BCUT2D eigenvalue weighted by atomic mass is 10.0. The number of aromatic nitrogens is 2. The van der Waals surface area contributed by atoms with Crippen LogP contribution in [0.4, 0.5) is 25.5 Å². The molecule has 0 bridgehead atoms. The van der Waals surface area contributed by atoms with Gasteiger partial charge in [0.1, 0.15) is 28.1 Å². The van der Waals surface area contributed by atoms with Gasteiger partial charge in [0.05, 0.1) is 11.1 Å². The number of pyridine rings is 1. The summed E-state index contributed by atoms with van der Waals surface area (Å²) in [5.41, 5.74) is 5.28. The summed E-state index contributed by atoms with van der Waals surface area (Å²) in [4.78, 5) is 35.1. The average molecular weight is 475 g/mol. The molecule has 0 aliphatic carbocycles. The smallest absolute Gasteiger partial charge is 0.252 e. The Morgan fingerprint density at radius 1 is 1.15 bits per heavy atom. The van der Waals surface area contributed by atoms with E-state index in [4.69, 9.17) is 5.73 Å². The van der Waals surface area contributed by atoms with Crippen molar-refractivity contribution in [3.63, 3.8) is 0 Å². The molecule has 0 atom stereocenters. The van der Waals surface area contributed by atoms with Crippen molar-refractivity contribution in [2.24, 2.45) is 0 Å². The normalized spacial score (nSPS) is 11.5. The van der Waals surface area contributed by atoms with Crippen molar-refractivity contribution >= 4 is 39.8 Å². The molecule has 0 saturated carbocycles. The SMILES string of the molecule is CN(C)C(C)(C)CNC(=O)c1ccc(Nc2nc(N)c(C(=O)c3c(F)cccc3F)s2)nc1. The largest absolute Gasteiger partial charge is 0.382 e. The third kappa shape index (κ3) is 5.49. The first kappa shape index (κ1) is 24.2. The summed E-state index contributed by atoms with van der Waals surface area (Å²) in [6, 6.07) is 6.32. The zero-order valence-corrected chi connectivity index (χ0v) is 19.4. The number of ketones is 1. The quantitative estimate of drug-likeness (QED) is 0.429. The van der Waals surface area contributed by atoms with E-state index in [1.54, 1.807) is 12.1 Å². The summed E-state index contributed by atoms with van der Waals surface area (Å²) >= 11 is 0.845. The summed E-state index contributed by atoms with van der Waals surface area (Å²) in [5.74, 6) is -2.92. The van der Waals surface area contributed by atoms with Gasteiger partial charge < -0.3 is 21.3 Å². The van der Waals surface area contributed by atoms with Crippen LogP contribution in [0.15, 0.2) is 36.5 Å². The van der Waals surface area contributed by atoms with Crippen molar-refractivity contribution in [2.45, 2.75) is 19.4 Å². The van der Waals surface area contributed by atoms with Crippen molar-refractivity contribution in [3.05, 3.63) is 64.2 Å². The van der Waals surface area contributed by atoms with E-state index in [2.05, 4.69) is 20.6 Å². The van der Waals surface area contributed by atoms with Crippen molar-refractivity contribution in [1.82, 2.24) is 20.2 Å². The number of nitrogen functional groups attached to an aromatic ring is 1. The molecule has 8 nitrogen and oxygen atoms in total. The summed E-state index contributed by atoms with van der Waals surface area (Å²) in [7, 11) is 3.87. The van der Waals surface area contributed by atoms with Gasteiger partial charge in [-0.05, 0) is 52.2 Å². The molecule has 0 aliphatic rings. The van der Waals surface area contributed by atoms with Gasteiger partial charge in [-0.3, -0.25) is 9.59 Å². The molecule has 0 radical (unpaired) electrons. The van der Waals surface area contributed by atoms with Crippen molar-refractivity contribution in [1.29, 1.82) is 0 Å². The highest BCUT2D eigenvalue weighted by molar-refractivity contribution is 7.18. The Hall–Kier alpha value is -3.44. The summed E-state index contributed by atoms with van der Waals surface area (Å²) in [6.45, 7) is 4.48. The van der Waals surface area contributed by atoms with Crippen LogP contribution in [0.25, 0.3) is 0 Å².